The van der Waals surface area contributed by atoms with Crippen LogP contribution in [0.2, 0.25) is 5.15 Å². The molecule has 0 aliphatic carbocycles. The van der Waals surface area contributed by atoms with E-state index in [9.17, 15) is 4.79 Å². The summed E-state index contributed by atoms with van der Waals surface area (Å²) in [5.41, 5.74) is 0.285. The average Bonchev–Trinajstić information content (AvgIpc) is 2.39. The van der Waals surface area contributed by atoms with Crippen molar-refractivity contribution in [3.8, 4) is 0 Å². The lowest BCUT2D eigenvalue weighted by atomic mass is 10.1. The number of nitrogens with zero attached hydrogens (tertiary/aromatic N) is 3. The number of ether oxygens (including phenoxy) is 1. The average molecular weight is 327 g/mol. The number of likely N-dealkylation sites (tertiary alicyclic amines) is 1. The standard InChI is InChI=1S/C15H23ClN4O2/c1-15(2,3)22-14(21)19-11-5-4-8-20(9-11)10-12-13(16)18-7-6-17-12/h6-7,11H,4-5,8-10H2,1-3H3,(H,19,21). The number of alkyl carbamates (subject to hydrolysis) is 1. The van der Waals surface area contributed by atoms with Crippen LogP contribution in [0.4, 0.5) is 4.79 Å². The Morgan fingerprint density at radius 1 is 1.45 bits per heavy atom. The summed E-state index contributed by atoms with van der Waals surface area (Å²) in [4.78, 5) is 22.4. The maximum Gasteiger partial charge on any atom is 0.407 e. The molecule has 0 spiro atoms. The Bertz CT molecular complexity index is 519. The molecule has 7 heteroatoms. The second kappa shape index (κ2) is 7.24. The minimum Gasteiger partial charge on any atom is -0.444 e. The second-order valence-electron chi connectivity index (χ2n) is 6.51. The first kappa shape index (κ1) is 17.0. The van der Waals surface area contributed by atoms with Gasteiger partial charge >= 0.3 is 6.09 Å². The van der Waals surface area contributed by atoms with Gasteiger partial charge in [0, 0.05) is 31.5 Å². The molecule has 6 nitrogen and oxygen atoms in total. The van der Waals surface area contributed by atoms with Crippen LogP contribution in [-0.2, 0) is 11.3 Å². The zero-order valence-corrected chi connectivity index (χ0v) is 14.1. The lowest BCUT2D eigenvalue weighted by Crippen LogP contribution is -2.48. The monoisotopic (exact) mass is 326 g/mol. The summed E-state index contributed by atoms with van der Waals surface area (Å²) in [7, 11) is 0. The summed E-state index contributed by atoms with van der Waals surface area (Å²) in [6, 6.07) is 0.0825. The third-order valence-corrected chi connectivity index (χ3v) is 3.64. The van der Waals surface area contributed by atoms with E-state index in [4.69, 9.17) is 16.3 Å². The molecule has 1 aliphatic heterocycles. The van der Waals surface area contributed by atoms with Crippen LogP contribution < -0.4 is 5.32 Å². The molecule has 0 radical (unpaired) electrons. The van der Waals surface area contributed by atoms with Gasteiger partial charge in [-0.25, -0.2) is 9.78 Å². The van der Waals surface area contributed by atoms with Crippen LogP contribution in [0, 0.1) is 0 Å². The molecule has 1 aromatic rings. The molecule has 1 aliphatic rings. The first-order chi connectivity index (χ1) is 10.3. The van der Waals surface area contributed by atoms with Gasteiger partial charge in [-0.05, 0) is 40.2 Å². The molecule has 1 atom stereocenters. The summed E-state index contributed by atoms with van der Waals surface area (Å²) in [6.07, 6.45) is 4.82. The van der Waals surface area contributed by atoms with Gasteiger partial charge < -0.3 is 10.1 Å². The molecular weight excluding hydrogens is 304 g/mol. The van der Waals surface area contributed by atoms with E-state index in [1.165, 1.54) is 0 Å². The number of amides is 1. The summed E-state index contributed by atoms with van der Waals surface area (Å²) in [5.74, 6) is 0. The number of hydrogen-bond donors (Lipinski definition) is 1. The highest BCUT2D eigenvalue weighted by atomic mass is 35.5. The number of aromatic nitrogens is 2. The van der Waals surface area contributed by atoms with E-state index >= 15 is 0 Å². The molecule has 22 heavy (non-hydrogen) atoms. The van der Waals surface area contributed by atoms with Crippen molar-refractivity contribution < 1.29 is 9.53 Å². The summed E-state index contributed by atoms with van der Waals surface area (Å²) >= 11 is 6.05. The fourth-order valence-corrected chi connectivity index (χ4v) is 2.62. The third kappa shape index (κ3) is 5.42. The first-order valence-electron chi connectivity index (χ1n) is 7.51. The van der Waals surface area contributed by atoms with E-state index in [-0.39, 0.29) is 12.1 Å². The van der Waals surface area contributed by atoms with Crippen molar-refractivity contribution in [3.05, 3.63) is 23.2 Å². The van der Waals surface area contributed by atoms with Gasteiger partial charge in [0.25, 0.3) is 0 Å². The first-order valence-corrected chi connectivity index (χ1v) is 7.88. The minimum atomic E-state index is -0.481. The fraction of sp³-hybridized carbons (Fsp3) is 0.667. The van der Waals surface area contributed by atoms with E-state index in [0.29, 0.717) is 11.7 Å². The van der Waals surface area contributed by atoms with E-state index < -0.39 is 5.60 Å². The highest BCUT2D eigenvalue weighted by Crippen LogP contribution is 2.17. The SMILES string of the molecule is CC(C)(C)OC(=O)NC1CCCN(Cc2nccnc2Cl)C1. The normalized spacial score (nSPS) is 19.7. The van der Waals surface area contributed by atoms with Gasteiger partial charge in [-0.15, -0.1) is 0 Å². The van der Waals surface area contributed by atoms with Crippen LogP contribution in [-0.4, -0.2) is 45.7 Å². The predicted molar refractivity (Wildman–Crippen MR) is 84.7 cm³/mol. The molecular formula is C15H23ClN4O2. The Balaban J connectivity index is 1.87. The summed E-state index contributed by atoms with van der Waals surface area (Å²) in [6.45, 7) is 7.92. The molecule has 1 fully saturated rings. The Kier molecular flexibility index (Phi) is 5.58. The second-order valence-corrected chi connectivity index (χ2v) is 6.87. The lowest BCUT2D eigenvalue weighted by Gasteiger charge is -2.33. The number of rotatable bonds is 3. The maximum atomic E-state index is 11.9. The smallest absolute Gasteiger partial charge is 0.407 e. The zero-order valence-electron chi connectivity index (χ0n) is 13.3. The molecule has 0 aromatic carbocycles. The highest BCUT2D eigenvalue weighted by Gasteiger charge is 2.24. The Labute approximate surface area is 136 Å². The van der Waals surface area contributed by atoms with Crippen molar-refractivity contribution >= 4 is 17.7 Å². The predicted octanol–water partition coefficient (Wildman–Crippen LogP) is 2.62. The topological polar surface area (TPSA) is 67.3 Å². The zero-order chi connectivity index (χ0) is 16.2. The number of halogens is 1. The molecule has 2 heterocycles. The van der Waals surface area contributed by atoms with Crippen LogP contribution in [0.5, 0.6) is 0 Å². The van der Waals surface area contributed by atoms with E-state index in [1.807, 2.05) is 20.8 Å². The number of hydrogen-bond acceptors (Lipinski definition) is 5. The number of carbonyl (C=O) groups is 1. The minimum absolute atomic E-state index is 0.0825. The fourth-order valence-electron chi connectivity index (χ4n) is 2.46. The van der Waals surface area contributed by atoms with Crippen molar-refractivity contribution in [2.24, 2.45) is 0 Å². The van der Waals surface area contributed by atoms with Crippen molar-refractivity contribution in [2.45, 2.75) is 51.8 Å². The maximum absolute atomic E-state index is 11.9. The molecule has 1 aromatic heterocycles. The van der Waals surface area contributed by atoms with Crippen LogP contribution >= 0.6 is 11.6 Å². The molecule has 1 amide bonds. The summed E-state index contributed by atoms with van der Waals surface area (Å²) < 4.78 is 5.30. The summed E-state index contributed by atoms with van der Waals surface area (Å²) in [5, 5.41) is 3.37. The van der Waals surface area contributed by atoms with Gasteiger partial charge in [0.15, 0.2) is 5.15 Å². The molecule has 1 N–H and O–H groups in total. The van der Waals surface area contributed by atoms with E-state index in [0.717, 1.165) is 31.6 Å². The Morgan fingerprint density at radius 2 is 2.18 bits per heavy atom. The van der Waals surface area contributed by atoms with Crippen molar-refractivity contribution in [3.63, 3.8) is 0 Å². The quantitative estimate of drug-likeness (QED) is 0.924. The number of piperidine rings is 1. The largest absolute Gasteiger partial charge is 0.444 e. The van der Waals surface area contributed by atoms with Gasteiger partial charge in [-0.3, -0.25) is 9.88 Å². The van der Waals surface area contributed by atoms with Crippen molar-refractivity contribution in [1.29, 1.82) is 0 Å². The van der Waals surface area contributed by atoms with E-state index in [1.54, 1.807) is 12.4 Å². The molecule has 1 unspecified atom stereocenters. The molecule has 1 saturated heterocycles. The Morgan fingerprint density at radius 3 is 2.86 bits per heavy atom. The van der Waals surface area contributed by atoms with E-state index in [2.05, 4.69) is 20.2 Å². The molecule has 0 saturated carbocycles. The van der Waals surface area contributed by atoms with Crippen LogP contribution in [0.15, 0.2) is 12.4 Å². The van der Waals surface area contributed by atoms with Crippen LogP contribution in [0.3, 0.4) is 0 Å². The van der Waals surface area contributed by atoms with Crippen LogP contribution in [0.1, 0.15) is 39.3 Å². The van der Waals surface area contributed by atoms with Gasteiger partial charge in [0.1, 0.15) is 5.60 Å². The number of carbonyl (C=O) groups excluding carboxylic acids is 1. The van der Waals surface area contributed by atoms with Crippen molar-refractivity contribution in [1.82, 2.24) is 20.2 Å². The molecule has 2 rings (SSSR count). The lowest BCUT2D eigenvalue weighted by molar-refractivity contribution is 0.0470. The van der Waals surface area contributed by atoms with Crippen molar-refractivity contribution in [2.75, 3.05) is 13.1 Å². The van der Waals surface area contributed by atoms with Crippen LogP contribution in [0.25, 0.3) is 0 Å². The van der Waals surface area contributed by atoms with Gasteiger partial charge in [0.05, 0.1) is 5.69 Å². The molecule has 122 valence electrons. The molecule has 0 bridgehead atoms. The Hall–Kier alpha value is -1.40. The number of nitrogens with one attached hydrogen (secondary N) is 1. The van der Waals surface area contributed by atoms with Gasteiger partial charge in [0.2, 0.25) is 0 Å². The van der Waals surface area contributed by atoms with Gasteiger partial charge in [-0.2, -0.15) is 0 Å². The third-order valence-electron chi connectivity index (χ3n) is 3.32. The van der Waals surface area contributed by atoms with Gasteiger partial charge in [-0.1, -0.05) is 11.6 Å². The highest BCUT2D eigenvalue weighted by molar-refractivity contribution is 6.29.